The second-order valence-electron chi connectivity index (χ2n) is 1.36. The molecule has 0 N–H and O–H groups in total. The zero-order valence-electron chi connectivity index (χ0n) is 6.08. The predicted octanol–water partition coefficient (Wildman–Crippen LogP) is -1.10. The van der Waals surface area contributed by atoms with Gasteiger partial charge in [-0.25, -0.2) is 0 Å². The molecule has 0 aromatic carbocycles. The van der Waals surface area contributed by atoms with Crippen LogP contribution < -0.4 is 21.2 Å². The van der Waals surface area contributed by atoms with Crippen molar-refractivity contribution >= 4 is 0 Å². The molecule has 0 nitrogen and oxygen atoms in total. The van der Waals surface area contributed by atoms with Gasteiger partial charge < -0.3 is 0 Å². The Morgan fingerprint density at radius 1 is 1.57 bits per heavy atom. The van der Waals surface area contributed by atoms with E-state index in [-0.39, 0.29) is 21.2 Å². The van der Waals surface area contributed by atoms with E-state index in [1.165, 1.54) is 10.8 Å². The van der Waals surface area contributed by atoms with Crippen LogP contribution in [0.25, 0.3) is 0 Å². The van der Waals surface area contributed by atoms with Gasteiger partial charge in [0.25, 0.3) is 0 Å². The van der Waals surface area contributed by atoms with Crippen LogP contribution in [0.2, 0.25) is 0 Å². The average Bonchev–Trinajstić information content (AvgIpc) is 1.68. The van der Waals surface area contributed by atoms with Gasteiger partial charge in [-0.1, -0.05) is 0 Å². The molecule has 0 aromatic heterocycles. The first kappa shape index (κ1) is 5.86. The molecule has 0 fully saturated rings. The minimum absolute atomic E-state index is 0.225. The van der Waals surface area contributed by atoms with Crippen LogP contribution in [-0.2, 0) is 0 Å². The molecule has 1 atom stereocenters. The molecule has 0 bridgehead atoms. The molecule has 0 aliphatic rings. The van der Waals surface area contributed by atoms with Crippen molar-refractivity contribution in [2.24, 2.45) is 0 Å². The standard InChI is InChI=1S/C6H14I/c1-3-5-6-7-4-2/h3-6H2,1-2H3/q-1/i6D. The summed E-state index contributed by atoms with van der Waals surface area (Å²) in [5.41, 5.74) is 0. The fraction of sp³-hybridized carbons (Fsp3) is 1.00. The molecule has 0 aliphatic heterocycles. The molecule has 0 saturated heterocycles. The quantitative estimate of drug-likeness (QED) is 0.411. The number of alkyl halides is 2. The topological polar surface area (TPSA) is 0 Å². The van der Waals surface area contributed by atoms with Crippen LogP contribution in [0.3, 0.4) is 0 Å². The summed E-state index contributed by atoms with van der Waals surface area (Å²) in [6.07, 6.45) is 2.31. The summed E-state index contributed by atoms with van der Waals surface area (Å²) in [6, 6.07) is 0. The molecule has 0 rings (SSSR count). The molecule has 0 heterocycles. The van der Waals surface area contributed by atoms with Gasteiger partial charge in [0.2, 0.25) is 0 Å². The van der Waals surface area contributed by atoms with Gasteiger partial charge in [-0.2, -0.15) is 0 Å². The van der Waals surface area contributed by atoms with Crippen LogP contribution in [0, 0.1) is 0 Å². The van der Waals surface area contributed by atoms with Gasteiger partial charge >= 0.3 is 58.1 Å². The Morgan fingerprint density at radius 3 is 2.71 bits per heavy atom. The minimum atomic E-state index is 0.225. The van der Waals surface area contributed by atoms with Gasteiger partial charge in [-0.3, -0.25) is 0 Å². The van der Waals surface area contributed by atoms with Crippen molar-refractivity contribution in [3.8, 4) is 0 Å². The van der Waals surface area contributed by atoms with Crippen LogP contribution in [-0.4, -0.2) is 8.83 Å². The Hall–Kier alpha value is 0.730. The fourth-order valence-corrected chi connectivity index (χ4v) is 1.98. The van der Waals surface area contributed by atoms with Gasteiger partial charge in [0.05, 0.1) is 0 Å². The molecular weight excluding hydrogens is 199 g/mol. The van der Waals surface area contributed by atoms with Crippen LogP contribution >= 0.6 is 0 Å². The molecule has 0 aromatic rings. The Kier molecular flexibility index (Phi) is 5.63. The van der Waals surface area contributed by atoms with E-state index in [2.05, 4.69) is 13.8 Å². The van der Waals surface area contributed by atoms with E-state index in [0.717, 1.165) is 6.42 Å². The molecule has 1 heteroatoms. The second kappa shape index (κ2) is 6.73. The Bertz CT molecular complexity index is 41.8. The van der Waals surface area contributed by atoms with E-state index in [1.807, 2.05) is 0 Å². The van der Waals surface area contributed by atoms with Crippen LogP contribution in [0.15, 0.2) is 0 Å². The van der Waals surface area contributed by atoms with E-state index < -0.39 is 0 Å². The molecule has 0 amide bonds. The third kappa shape index (κ3) is 6.73. The van der Waals surface area contributed by atoms with Crippen molar-refractivity contribution in [1.29, 1.82) is 0 Å². The summed E-state index contributed by atoms with van der Waals surface area (Å²) < 4.78 is 9.01. The summed E-state index contributed by atoms with van der Waals surface area (Å²) in [7, 11) is 0. The van der Waals surface area contributed by atoms with Gasteiger partial charge in [-0.15, -0.1) is 0 Å². The SMILES string of the molecule is [2H]C(CCC)[I-]CC. The van der Waals surface area contributed by atoms with Crippen LogP contribution in [0.1, 0.15) is 28.1 Å². The first-order valence-electron chi connectivity index (χ1n) is 3.39. The van der Waals surface area contributed by atoms with Crippen molar-refractivity contribution in [2.45, 2.75) is 26.7 Å². The molecule has 0 saturated carbocycles. The van der Waals surface area contributed by atoms with Gasteiger partial charge in [0, 0.05) is 0 Å². The normalized spacial score (nSPS) is 16.6. The zero-order chi connectivity index (χ0) is 6.41. The molecule has 7 heavy (non-hydrogen) atoms. The summed E-state index contributed by atoms with van der Waals surface area (Å²) >= 11 is 0.225. The molecule has 0 radical (unpaired) electrons. The molecule has 46 valence electrons. The predicted molar refractivity (Wildman–Crippen MR) is 30.3 cm³/mol. The third-order valence-corrected chi connectivity index (χ3v) is 2.79. The summed E-state index contributed by atoms with van der Waals surface area (Å²) in [5, 5.41) is 0. The van der Waals surface area contributed by atoms with Crippen molar-refractivity contribution in [3.05, 3.63) is 0 Å². The van der Waals surface area contributed by atoms with E-state index >= 15 is 0 Å². The van der Waals surface area contributed by atoms with E-state index in [9.17, 15) is 0 Å². The molecular formula is C6H14I-. The molecule has 0 spiro atoms. The van der Waals surface area contributed by atoms with E-state index in [0.29, 0.717) is 4.40 Å². The second-order valence-corrected chi connectivity index (χ2v) is 4.65. The Labute approximate surface area is 58.4 Å². The van der Waals surface area contributed by atoms with Gasteiger partial charge in [0.15, 0.2) is 0 Å². The number of hydrogen-bond donors (Lipinski definition) is 0. The van der Waals surface area contributed by atoms with Crippen LogP contribution in [0.5, 0.6) is 0 Å². The fourth-order valence-electron chi connectivity index (χ4n) is 0.295. The maximum atomic E-state index is 7.42. The monoisotopic (exact) mass is 214 g/mol. The maximum absolute atomic E-state index is 7.42. The summed E-state index contributed by atoms with van der Waals surface area (Å²) in [5.74, 6) is 0. The average molecular weight is 214 g/mol. The first-order valence-corrected chi connectivity index (χ1v) is 5.58. The molecule has 1 unspecified atom stereocenters. The number of halogens is 1. The van der Waals surface area contributed by atoms with Crippen molar-refractivity contribution in [1.82, 2.24) is 0 Å². The first-order chi connectivity index (χ1) is 3.81. The van der Waals surface area contributed by atoms with Crippen LogP contribution in [0.4, 0.5) is 0 Å². The summed E-state index contributed by atoms with van der Waals surface area (Å²) in [4.78, 5) is 0. The number of rotatable bonds is 4. The Morgan fingerprint density at radius 2 is 2.29 bits per heavy atom. The zero-order valence-corrected chi connectivity index (χ0v) is 7.23. The van der Waals surface area contributed by atoms with E-state index in [4.69, 9.17) is 1.37 Å². The third-order valence-electron chi connectivity index (χ3n) is 0.661. The van der Waals surface area contributed by atoms with Gasteiger partial charge in [-0.05, 0) is 0 Å². The summed E-state index contributed by atoms with van der Waals surface area (Å²) in [6.45, 7) is 4.34. The van der Waals surface area contributed by atoms with Crippen molar-refractivity contribution in [3.63, 3.8) is 0 Å². The Balaban J connectivity index is 2.92. The number of hydrogen-bond acceptors (Lipinski definition) is 0. The van der Waals surface area contributed by atoms with Crippen molar-refractivity contribution in [2.75, 3.05) is 8.83 Å². The molecule has 0 aliphatic carbocycles. The van der Waals surface area contributed by atoms with Gasteiger partial charge in [0.1, 0.15) is 0 Å². The van der Waals surface area contributed by atoms with E-state index in [1.54, 1.807) is 0 Å². The van der Waals surface area contributed by atoms with Crippen molar-refractivity contribution < 1.29 is 22.6 Å².